The lowest BCUT2D eigenvalue weighted by Gasteiger charge is -2.25. The van der Waals surface area contributed by atoms with Gasteiger partial charge in [-0.3, -0.25) is 0 Å². The van der Waals surface area contributed by atoms with Crippen LogP contribution in [-0.2, 0) is 25.9 Å². The monoisotopic (exact) mass is 364 g/mol. The van der Waals surface area contributed by atoms with Crippen molar-refractivity contribution in [3.8, 4) is 22.5 Å². The molecule has 6 rings (SSSR count). The van der Waals surface area contributed by atoms with Crippen LogP contribution in [0.15, 0.2) is 60.7 Å². The van der Waals surface area contributed by atoms with Gasteiger partial charge >= 0.3 is 0 Å². The van der Waals surface area contributed by atoms with E-state index in [1.165, 1.54) is 55.8 Å². The lowest BCUT2D eigenvalue weighted by molar-refractivity contribution is -0.693. The molecular formula is C26H24N2+2. The molecule has 0 radical (unpaired) electrons. The molecule has 2 aliphatic heterocycles. The van der Waals surface area contributed by atoms with Crippen LogP contribution in [0.5, 0.6) is 0 Å². The van der Waals surface area contributed by atoms with Gasteiger partial charge < -0.3 is 0 Å². The van der Waals surface area contributed by atoms with Crippen LogP contribution in [0.3, 0.4) is 0 Å². The van der Waals surface area contributed by atoms with E-state index in [4.69, 9.17) is 0 Å². The van der Waals surface area contributed by atoms with Crippen molar-refractivity contribution in [2.45, 2.75) is 39.8 Å². The van der Waals surface area contributed by atoms with Gasteiger partial charge in [-0.15, -0.1) is 0 Å². The van der Waals surface area contributed by atoms with E-state index in [2.05, 4.69) is 83.6 Å². The van der Waals surface area contributed by atoms with Crippen LogP contribution < -0.4 is 9.13 Å². The van der Waals surface area contributed by atoms with Gasteiger partial charge in [-0.05, 0) is 41.8 Å². The van der Waals surface area contributed by atoms with Gasteiger partial charge in [0.25, 0.3) is 0 Å². The minimum atomic E-state index is 1.05. The van der Waals surface area contributed by atoms with Crippen LogP contribution >= 0.6 is 0 Å². The van der Waals surface area contributed by atoms with E-state index in [9.17, 15) is 0 Å². The van der Waals surface area contributed by atoms with Crippen molar-refractivity contribution < 1.29 is 9.13 Å². The van der Waals surface area contributed by atoms with Gasteiger partial charge in [-0.25, -0.2) is 0 Å². The molecular weight excluding hydrogens is 340 g/mol. The average molecular weight is 364 g/mol. The lowest BCUT2D eigenvalue weighted by atomic mass is 9.82. The van der Waals surface area contributed by atoms with Crippen LogP contribution in [0.25, 0.3) is 33.4 Å². The molecule has 0 atom stereocenters. The smallest absolute Gasteiger partial charge is 0.196 e. The Balaban J connectivity index is 1.74. The number of hydrogen-bond acceptors (Lipinski definition) is 0. The summed E-state index contributed by atoms with van der Waals surface area (Å²) in [5, 5.41) is 1.32. The van der Waals surface area contributed by atoms with Gasteiger partial charge in [-0.2, -0.15) is 9.13 Å². The number of hydrogen-bond donors (Lipinski definition) is 0. The van der Waals surface area contributed by atoms with E-state index < -0.39 is 0 Å². The molecule has 0 amide bonds. The molecule has 4 heterocycles. The summed E-state index contributed by atoms with van der Waals surface area (Å²) in [7, 11) is 0. The van der Waals surface area contributed by atoms with Gasteiger partial charge in [-0.1, -0.05) is 18.2 Å². The second kappa shape index (κ2) is 5.75. The van der Waals surface area contributed by atoms with Crippen molar-refractivity contribution in [2.75, 3.05) is 0 Å². The molecule has 2 aliphatic rings. The number of para-hydroxylation sites is 1. The SMILES string of the molecule is Cc1cc2c(c3c1CC[n+]1c(C)cccc1-3)-c1ccc3ccccc3[n+]1CC2. The second-order valence-corrected chi connectivity index (χ2v) is 8.21. The highest BCUT2D eigenvalue weighted by Crippen LogP contribution is 2.41. The van der Waals surface area contributed by atoms with Crippen LogP contribution in [0.2, 0.25) is 0 Å². The number of fused-ring (bicyclic) bond motifs is 9. The molecule has 0 N–H and O–H groups in total. The summed E-state index contributed by atoms with van der Waals surface area (Å²) >= 11 is 0. The Bertz CT molecular complexity index is 1280. The fraction of sp³-hybridized carbons (Fsp3) is 0.231. The molecule has 2 nitrogen and oxygen atoms in total. The van der Waals surface area contributed by atoms with E-state index >= 15 is 0 Å². The highest BCUT2D eigenvalue weighted by molar-refractivity contribution is 5.87. The summed E-state index contributed by atoms with van der Waals surface area (Å²) in [6.07, 6.45) is 2.21. The maximum atomic E-state index is 2.53. The highest BCUT2D eigenvalue weighted by atomic mass is 15.0. The molecule has 0 saturated carbocycles. The number of rotatable bonds is 0. The first-order valence-corrected chi connectivity index (χ1v) is 10.3. The number of nitrogens with zero attached hydrogens (tertiary/aromatic N) is 2. The zero-order valence-corrected chi connectivity index (χ0v) is 16.5. The molecule has 2 heteroatoms. The predicted octanol–water partition coefficient (Wildman–Crippen LogP) is 4.48. The summed E-state index contributed by atoms with van der Waals surface area (Å²) in [5.74, 6) is 0. The number of aromatic nitrogens is 2. The summed E-state index contributed by atoms with van der Waals surface area (Å²) < 4.78 is 5.03. The minimum absolute atomic E-state index is 1.05. The maximum absolute atomic E-state index is 2.53. The second-order valence-electron chi connectivity index (χ2n) is 8.21. The Morgan fingerprint density at radius 2 is 1.54 bits per heavy atom. The molecule has 0 aliphatic carbocycles. The Morgan fingerprint density at radius 3 is 2.46 bits per heavy atom. The van der Waals surface area contributed by atoms with E-state index in [0.29, 0.717) is 0 Å². The first-order chi connectivity index (χ1) is 13.7. The number of benzene rings is 2. The van der Waals surface area contributed by atoms with Crippen LogP contribution in [0.4, 0.5) is 0 Å². The molecule has 2 aromatic heterocycles. The summed E-state index contributed by atoms with van der Waals surface area (Å²) in [5.41, 5.74) is 12.8. The summed E-state index contributed by atoms with van der Waals surface area (Å²) in [6, 6.07) is 22.6. The van der Waals surface area contributed by atoms with Crippen molar-refractivity contribution in [2.24, 2.45) is 0 Å². The van der Waals surface area contributed by atoms with Crippen molar-refractivity contribution in [1.29, 1.82) is 0 Å². The number of pyridine rings is 2. The fourth-order valence-electron chi connectivity index (χ4n) is 5.37. The molecule has 136 valence electrons. The summed E-state index contributed by atoms with van der Waals surface area (Å²) in [4.78, 5) is 0. The molecule has 28 heavy (non-hydrogen) atoms. The van der Waals surface area contributed by atoms with Crippen LogP contribution in [0.1, 0.15) is 22.4 Å². The van der Waals surface area contributed by atoms with Crippen molar-refractivity contribution in [3.63, 3.8) is 0 Å². The van der Waals surface area contributed by atoms with E-state index in [0.717, 1.165) is 25.9 Å². The highest BCUT2D eigenvalue weighted by Gasteiger charge is 2.35. The van der Waals surface area contributed by atoms with Crippen molar-refractivity contribution in [3.05, 3.63) is 83.0 Å². The van der Waals surface area contributed by atoms with Gasteiger partial charge in [0.15, 0.2) is 18.8 Å². The third kappa shape index (κ3) is 2.09. The normalized spacial score (nSPS) is 14.2. The van der Waals surface area contributed by atoms with Crippen molar-refractivity contribution in [1.82, 2.24) is 0 Å². The third-order valence-electron chi connectivity index (χ3n) is 6.69. The van der Waals surface area contributed by atoms with E-state index in [1.807, 2.05) is 0 Å². The molecule has 4 aromatic rings. The maximum Gasteiger partial charge on any atom is 0.214 e. The Morgan fingerprint density at radius 1 is 0.714 bits per heavy atom. The lowest BCUT2D eigenvalue weighted by Crippen LogP contribution is -2.45. The first-order valence-electron chi connectivity index (χ1n) is 10.3. The third-order valence-corrected chi connectivity index (χ3v) is 6.69. The quantitative estimate of drug-likeness (QED) is 0.407. The van der Waals surface area contributed by atoms with Crippen molar-refractivity contribution >= 4 is 10.9 Å². The molecule has 0 fully saturated rings. The standard InChI is InChI=1S/C26H24N2/c1-17-16-20-12-14-28-22-8-4-3-7-19(22)10-11-24(28)25(20)26-21(17)13-15-27-18(2)6-5-9-23(26)27/h3-11,16H,12-15H2,1-2H3/q+2. The molecule has 0 saturated heterocycles. The first kappa shape index (κ1) is 16.0. The topological polar surface area (TPSA) is 7.76 Å². The zero-order chi connectivity index (χ0) is 18.8. The van der Waals surface area contributed by atoms with Crippen LogP contribution in [0, 0.1) is 13.8 Å². The molecule has 0 unspecified atom stereocenters. The molecule has 2 aromatic carbocycles. The molecule has 0 bridgehead atoms. The molecule has 0 spiro atoms. The van der Waals surface area contributed by atoms with Crippen LogP contribution in [-0.4, -0.2) is 0 Å². The van der Waals surface area contributed by atoms with E-state index in [1.54, 1.807) is 0 Å². The Labute approximate surface area is 165 Å². The zero-order valence-electron chi connectivity index (χ0n) is 16.5. The summed E-state index contributed by atoms with van der Waals surface area (Å²) in [6.45, 7) is 6.66. The predicted molar refractivity (Wildman–Crippen MR) is 112 cm³/mol. The minimum Gasteiger partial charge on any atom is -0.196 e. The van der Waals surface area contributed by atoms with Gasteiger partial charge in [0, 0.05) is 49.4 Å². The van der Waals surface area contributed by atoms with Gasteiger partial charge in [0.05, 0.1) is 11.1 Å². The van der Waals surface area contributed by atoms with Gasteiger partial charge in [0.2, 0.25) is 16.9 Å². The fourth-order valence-corrected chi connectivity index (χ4v) is 5.37. The Hall–Kier alpha value is -3.00. The van der Waals surface area contributed by atoms with E-state index in [-0.39, 0.29) is 0 Å². The number of aryl methyl sites for hydroxylation is 4. The largest absolute Gasteiger partial charge is 0.214 e. The average Bonchev–Trinajstić information content (AvgIpc) is 2.73. The van der Waals surface area contributed by atoms with Gasteiger partial charge in [0.1, 0.15) is 0 Å². The Kier molecular flexibility index (Phi) is 3.28.